The highest BCUT2D eigenvalue weighted by atomic mass is 127. The van der Waals surface area contributed by atoms with Crippen molar-refractivity contribution in [3.8, 4) is 0 Å². The molecule has 0 amide bonds. The van der Waals surface area contributed by atoms with E-state index in [2.05, 4.69) is 50.7 Å². The summed E-state index contributed by atoms with van der Waals surface area (Å²) >= 11 is 0. The summed E-state index contributed by atoms with van der Waals surface area (Å²) in [6, 6.07) is 0. The van der Waals surface area contributed by atoms with Gasteiger partial charge in [-0.05, 0) is 18.2 Å². The van der Waals surface area contributed by atoms with Crippen LogP contribution in [0.2, 0.25) is 0 Å². The summed E-state index contributed by atoms with van der Waals surface area (Å²) < 4.78 is 0.860. The fraction of sp³-hybridized carbons (Fsp3) is 0.200. The number of nitrogens with zero attached hydrogens (tertiary/aromatic N) is 1. The van der Waals surface area contributed by atoms with E-state index in [1.807, 2.05) is 0 Å². The standard InChI is InChI=1S/C10H12N.HI/c1-11(2)8-4-6-9-5-3-7-10(9)11;/h3-8H,1-2H3;1H/q+1;/p-1. The minimum Gasteiger partial charge on any atom is -1.00 e. The normalized spacial score (nSPS) is 22.5. The average Bonchev–Trinajstić information content (AvgIpc) is 2.34. The van der Waals surface area contributed by atoms with Gasteiger partial charge in [0.1, 0.15) is 11.9 Å². The SMILES string of the molecule is C[N+]1(C)C=CC=C2C=CC=C21.[I-]. The first-order valence-corrected chi connectivity index (χ1v) is 3.83. The Bertz CT molecular complexity index is 306. The highest BCUT2D eigenvalue weighted by Crippen LogP contribution is 2.29. The third-order valence-electron chi connectivity index (χ3n) is 2.18. The highest BCUT2D eigenvalue weighted by molar-refractivity contribution is 5.48. The molecule has 2 heteroatoms. The minimum absolute atomic E-state index is 0. The van der Waals surface area contributed by atoms with Gasteiger partial charge in [0.05, 0.1) is 14.1 Å². The molecular formula is C10H12IN. The van der Waals surface area contributed by atoms with Crippen LogP contribution >= 0.6 is 0 Å². The molecule has 0 bridgehead atoms. The van der Waals surface area contributed by atoms with Gasteiger partial charge < -0.3 is 24.0 Å². The number of fused-ring (bicyclic) bond motifs is 1. The molecule has 2 rings (SSSR count). The first-order valence-electron chi connectivity index (χ1n) is 3.83. The third-order valence-corrected chi connectivity index (χ3v) is 2.18. The van der Waals surface area contributed by atoms with Gasteiger partial charge in [0, 0.05) is 11.6 Å². The number of halogens is 1. The van der Waals surface area contributed by atoms with Gasteiger partial charge in [0.2, 0.25) is 0 Å². The summed E-state index contributed by atoms with van der Waals surface area (Å²) in [6.45, 7) is 0. The zero-order valence-electron chi connectivity index (χ0n) is 7.29. The molecule has 1 aliphatic heterocycles. The van der Waals surface area contributed by atoms with Crippen LogP contribution in [0.25, 0.3) is 0 Å². The summed E-state index contributed by atoms with van der Waals surface area (Å²) in [4.78, 5) is 0. The predicted octanol–water partition coefficient (Wildman–Crippen LogP) is -1.03. The smallest absolute Gasteiger partial charge is 0.144 e. The van der Waals surface area contributed by atoms with Crippen molar-refractivity contribution in [1.29, 1.82) is 0 Å². The first-order chi connectivity index (χ1) is 5.20. The molecular weight excluding hydrogens is 261 g/mol. The van der Waals surface area contributed by atoms with Crippen molar-refractivity contribution in [2.45, 2.75) is 0 Å². The second-order valence-corrected chi connectivity index (χ2v) is 3.41. The topological polar surface area (TPSA) is 0 Å². The van der Waals surface area contributed by atoms with Crippen molar-refractivity contribution in [1.82, 2.24) is 0 Å². The van der Waals surface area contributed by atoms with Crippen LogP contribution in [0.15, 0.2) is 47.9 Å². The molecule has 2 aliphatic rings. The van der Waals surface area contributed by atoms with E-state index in [1.54, 1.807) is 0 Å². The molecule has 0 aromatic carbocycles. The lowest BCUT2D eigenvalue weighted by atomic mass is 10.1. The van der Waals surface area contributed by atoms with Crippen molar-refractivity contribution in [3.63, 3.8) is 0 Å². The van der Waals surface area contributed by atoms with Crippen LogP contribution in [0.4, 0.5) is 0 Å². The van der Waals surface area contributed by atoms with E-state index >= 15 is 0 Å². The van der Waals surface area contributed by atoms with Crippen molar-refractivity contribution >= 4 is 0 Å². The van der Waals surface area contributed by atoms with E-state index in [9.17, 15) is 0 Å². The van der Waals surface area contributed by atoms with E-state index in [1.165, 1.54) is 11.3 Å². The van der Waals surface area contributed by atoms with Crippen LogP contribution in [0.1, 0.15) is 0 Å². The van der Waals surface area contributed by atoms with Crippen LogP contribution in [-0.2, 0) is 0 Å². The molecule has 0 aromatic rings. The summed E-state index contributed by atoms with van der Waals surface area (Å²) in [5, 5.41) is 0. The number of hydrogen-bond donors (Lipinski definition) is 0. The molecule has 1 heterocycles. The molecule has 12 heavy (non-hydrogen) atoms. The van der Waals surface area contributed by atoms with Crippen LogP contribution < -0.4 is 24.0 Å². The maximum absolute atomic E-state index is 2.18. The summed E-state index contributed by atoms with van der Waals surface area (Å²) in [6.07, 6.45) is 12.9. The van der Waals surface area contributed by atoms with E-state index in [0.29, 0.717) is 0 Å². The van der Waals surface area contributed by atoms with E-state index in [-0.39, 0.29) is 24.0 Å². The van der Waals surface area contributed by atoms with Gasteiger partial charge in [-0.1, -0.05) is 6.08 Å². The zero-order valence-corrected chi connectivity index (χ0v) is 9.45. The molecule has 0 N–H and O–H groups in total. The van der Waals surface area contributed by atoms with Gasteiger partial charge >= 0.3 is 0 Å². The second-order valence-electron chi connectivity index (χ2n) is 3.41. The molecule has 0 saturated carbocycles. The molecule has 0 aromatic heterocycles. The fourth-order valence-corrected chi connectivity index (χ4v) is 1.53. The number of allylic oxidation sites excluding steroid dienone is 5. The van der Waals surface area contributed by atoms with Gasteiger partial charge in [0.25, 0.3) is 0 Å². The molecule has 0 unspecified atom stereocenters. The van der Waals surface area contributed by atoms with E-state index in [4.69, 9.17) is 0 Å². The van der Waals surface area contributed by atoms with E-state index < -0.39 is 0 Å². The van der Waals surface area contributed by atoms with Crippen molar-refractivity contribution in [2.24, 2.45) is 0 Å². The Morgan fingerprint density at radius 3 is 2.50 bits per heavy atom. The van der Waals surface area contributed by atoms with Crippen LogP contribution in [0, 0.1) is 0 Å². The number of rotatable bonds is 0. The lowest BCUT2D eigenvalue weighted by molar-refractivity contribution is -0.796. The molecule has 0 radical (unpaired) electrons. The number of quaternary nitrogens is 1. The largest absolute Gasteiger partial charge is 1.00 e. The summed E-state index contributed by atoms with van der Waals surface area (Å²) in [7, 11) is 4.37. The molecule has 0 atom stereocenters. The van der Waals surface area contributed by atoms with Gasteiger partial charge in [-0.25, -0.2) is 0 Å². The van der Waals surface area contributed by atoms with Crippen LogP contribution in [-0.4, -0.2) is 18.6 Å². The molecule has 0 saturated heterocycles. The Morgan fingerprint density at radius 1 is 1.08 bits per heavy atom. The molecule has 1 aliphatic carbocycles. The van der Waals surface area contributed by atoms with Gasteiger partial charge in [-0.3, -0.25) is 4.48 Å². The fourth-order valence-electron chi connectivity index (χ4n) is 1.53. The van der Waals surface area contributed by atoms with Crippen LogP contribution in [0.5, 0.6) is 0 Å². The monoisotopic (exact) mass is 273 g/mol. The Labute approximate surface area is 90.4 Å². The maximum Gasteiger partial charge on any atom is 0.144 e. The lowest BCUT2D eigenvalue weighted by Gasteiger charge is -2.28. The molecule has 1 nitrogen and oxygen atoms in total. The Morgan fingerprint density at radius 2 is 1.83 bits per heavy atom. The number of hydrogen-bond acceptors (Lipinski definition) is 0. The zero-order chi connectivity index (χ0) is 7.90. The van der Waals surface area contributed by atoms with E-state index in [0.717, 1.165) is 4.48 Å². The number of likely N-dealkylation sites (N-methyl/N-ethyl adjacent to an activating group) is 1. The Kier molecular flexibility index (Phi) is 2.58. The van der Waals surface area contributed by atoms with Crippen molar-refractivity contribution in [2.75, 3.05) is 14.1 Å². The third kappa shape index (κ3) is 1.41. The lowest BCUT2D eigenvalue weighted by Crippen LogP contribution is -3.00. The van der Waals surface area contributed by atoms with Gasteiger partial charge in [-0.15, -0.1) is 0 Å². The van der Waals surface area contributed by atoms with Gasteiger partial charge in [-0.2, -0.15) is 0 Å². The molecule has 0 spiro atoms. The maximum atomic E-state index is 2.18. The Hall–Kier alpha value is -0.350. The summed E-state index contributed by atoms with van der Waals surface area (Å²) in [5.41, 5.74) is 2.73. The minimum atomic E-state index is 0. The van der Waals surface area contributed by atoms with Gasteiger partial charge in [0.15, 0.2) is 0 Å². The quantitative estimate of drug-likeness (QED) is 0.391. The molecule has 0 fully saturated rings. The van der Waals surface area contributed by atoms with Crippen LogP contribution in [0.3, 0.4) is 0 Å². The summed E-state index contributed by atoms with van der Waals surface area (Å²) in [5.74, 6) is 0. The Balaban J connectivity index is 0.000000720. The first kappa shape index (κ1) is 9.74. The van der Waals surface area contributed by atoms with Crippen molar-refractivity contribution in [3.05, 3.63) is 47.9 Å². The second kappa shape index (κ2) is 3.18. The average molecular weight is 273 g/mol. The predicted molar refractivity (Wildman–Crippen MR) is 46.6 cm³/mol. The highest BCUT2D eigenvalue weighted by Gasteiger charge is 2.25. The molecule has 64 valence electrons. The van der Waals surface area contributed by atoms with Crippen molar-refractivity contribution < 1.29 is 28.5 Å².